The van der Waals surface area contributed by atoms with E-state index in [4.69, 9.17) is 0 Å². The zero-order chi connectivity index (χ0) is 13.8. The Morgan fingerprint density at radius 2 is 2.17 bits per heavy atom. The number of likely N-dealkylation sites (N-methyl/N-ethyl adjacent to an activating group) is 2. The molecule has 5 nitrogen and oxygen atoms in total. The molecule has 106 valence electrons. The van der Waals surface area contributed by atoms with Crippen LogP contribution in [0.4, 0.5) is 0 Å². The van der Waals surface area contributed by atoms with Crippen molar-refractivity contribution < 1.29 is 9.90 Å². The number of carbonyl (C=O) groups is 1. The van der Waals surface area contributed by atoms with Gasteiger partial charge in [0.25, 0.3) is 0 Å². The molecule has 1 aliphatic heterocycles. The third kappa shape index (κ3) is 3.93. The number of hydrogen-bond acceptors (Lipinski definition) is 4. The molecule has 0 aromatic rings. The van der Waals surface area contributed by atoms with Crippen LogP contribution in [0.15, 0.2) is 0 Å². The zero-order valence-corrected chi connectivity index (χ0v) is 12.1. The van der Waals surface area contributed by atoms with E-state index in [1.165, 1.54) is 0 Å². The molecular formula is C13H27N3O2. The second-order valence-corrected chi connectivity index (χ2v) is 5.60. The maximum atomic E-state index is 11.4. The topological polar surface area (TPSA) is 55.8 Å². The zero-order valence-electron chi connectivity index (χ0n) is 12.1. The van der Waals surface area contributed by atoms with Crippen molar-refractivity contribution >= 4 is 5.97 Å². The number of aliphatic carboxylic acids is 1. The highest BCUT2D eigenvalue weighted by Crippen LogP contribution is 2.14. The highest BCUT2D eigenvalue weighted by molar-refractivity contribution is 5.78. The van der Waals surface area contributed by atoms with Crippen LogP contribution >= 0.6 is 0 Å². The van der Waals surface area contributed by atoms with E-state index in [1.54, 1.807) is 6.92 Å². The minimum absolute atomic E-state index is 0.398. The van der Waals surface area contributed by atoms with Gasteiger partial charge in [0.1, 0.15) is 5.54 Å². The van der Waals surface area contributed by atoms with E-state index in [9.17, 15) is 9.90 Å². The summed E-state index contributed by atoms with van der Waals surface area (Å²) in [5.41, 5.74) is -0.855. The average molecular weight is 257 g/mol. The minimum atomic E-state index is -0.855. The van der Waals surface area contributed by atoms with Crippen LogP contribution < -0.4 is 5.32 Å². The molecule has 0 spiro atoms. The summed E-state index contributed by atoms with van der Waals surface area (Å²) >= 11 is 0. The van der Waals surface area contributed by atoms with Crippen LogP contribution in [0.3, 0.4) is 0 Å². The summed E-state index contributed by atoms with van der Waals surface area (Å²) < 4.78 is 0. The Kier molecular flexibility index (Phi) is 5.56. The van der Waals surface area contributed by atoms with Gasteiger partial charge in [-0.2, -0.15) is 0 Å². The van der Waals surface area contributed by atoms with Gasteiger partial charge in [0.15, 0.2) is 0 Å². The van der Waals surface area contributed by atoms with Crippen LogP contribution in [0.1, 0.15) is 27.2 Å². The number of hydrogen-bond donors (Lipinski definition) is 2. The van der Waals surface area contributed by atoms with Gasteiger partial charge < -0.3 is 15.3 Å². The van der Waals surface area contributed by atoms with Crippen molar-refractivity contribution in [2.45, 2.75) is 38.8 Å². The Balaban J connectivity index is 2.70. The van der Waals surface area contributed by atoms with Crippen LogP contribution in [0.5, 0.6) is 0 Å². The van der Waals surface area contributed by atoms with E-state index in [2.05, 4.69) is 29.1 Å². The first-order valence-electron chi connectivity index (χ1n) is 6.80. The summed E-state index contributed by atoms with van der Waals surface area (Å²) in [5.74, 6) is -0.769. The predicted octanol–water partition coefficient (Wildman–Crippen LogP) is 0.465. The monoisotopic (exact) mass is 257 g/mol. The fraction of sp³-hybridized carbons (Fsp3) is 0.923. The molecule has 0 aromatic heterocycles. The molecule has 0 aromatic carbocycles. The van der Waals surface area contributed by atoms with E-state index in [-0.39, 0.29) is 0 Å². The third-order valence-electron chi connectivity index (χ3n) is 3.74. The molecule has 18 heavy (non-hydrogen) atoms. The lowest BCUT2D eigenvalue weighted by Gasteiger charge is -2.35. The fourth-order valence-electron chi connectivity index (χ4n) is 2.65. The van der Waals surface area contributed by atoms with Crippen LogP contribution in [0.25, 0.3) is 0 Å². The van der Waals surface area contributed by atoms with Gasteiger partial charge in [-0.1, -0.05) is 6.92 Å². The number of rotatable bonds is 5. The molecule has 5 heteroatoms. The summed E-state index contributed by atoms with van der Waals surface area (Å²) in [6.45, 7) is 10.2. The summed E-state index contributed by atoms with van der Waals surface area (Å²) in [6.07, 6.45) is 1.10. The molecule has 0 amide bonds. The summed E-state index contributed by atoms with van der Waals surface area (Å²) in [5, 5.41) is 12.5. The molecule has 0 aliphatic carbocycles. The van der Waals surface area contributed by atoms with Gasteiger partial charge in [-0.25, -0.2) is 0 Å². The van der Waals surface area contributed by atoms with E-state index in [0.29, 0.717) is 19.1 Å². The summed E-state index contributed by atoms with van der Waals surface area (Å²) in [6, 6.07) is 0.398. The lowest BCUT2D eigenvalue weighted by atomic mass is 10.0. The van der Waals surface area contributed by atoms with Gasteiger partial charge in [-0.15, -0.1) is 0 Å². The maximum Gasteiger partial charge on any atom is 0.324 e. The smallest absolute Gasteiger partial charge is 0.324 e. The molecule has 1 aliphatic rings. The van der Waals surface area contributed by atoms with Crippen molar-refractivity contribution in [3.63, 3.8) is 0 Å². The lowest BCUT2D eigenvalue weighted by molar-refractivity contribution is -0.145. The van der Waals surface area contributed by atoms with Crippen LogP contribution in [0.2, 0.25) is 0 Å². The summed E-state index contributed by atoms with van der Waals surface area (Å²) in [7, 11) is 2.13. The Morgan fingerprint density at radius 3 is 2.72 bits per heavy atom. The van der Waals surface area contributed by atoms with Crippen LogP contribution in [0, 0.1) is 0 Å². The normalized spacial score (nSPS) is 26.6. The largest absolute Gasteiger partial charge is 0.480 e. The van der Waals surface area contributed by atoms with E-state index in [1.807, 2.05) is 6.92 Å². The first-order valence-corrected chi connectivity index (χ1v) is 6.80. The highest BCUT2D eigenvalue weighted by atomic mass is 16.4. The lowest BCUT2D eigenvalue weighted by Crippen LogP contribution is -2.58. The first-order chi connectivity index (χ1) is 8.39. The quantitative estimate of drug-likeness (QED) is 0.749. The molecule has 0 bridgehead atoms. The minimum Gasteiger partial charge on any atom is -0.480 e. The SMILES string of the molecule is CCNC(C)(CN1CCCN(C)CC1C)C(=O)O. The second-order valence-electron chi connectivity index (χ2n) is 5.60. The van der Waals surface area contributed by atoms with E-state index < -0.39 is 11.5 Å². The Bertz CT molecular complexity index is 285. The van der Waals surface area contributed by atoms with Crippen LogP contribution in [-0.4, -0.2) is 72.2 Å². The second kappa shape index (κ2) is 6.50. The van der Waals surface area contributed by atoms with Gasteiger partial charge in [0.05, 0.1) is 0 Å². The number of nitrogens with zero attached hydrogens (tertiary/aromatic N) is 2. The van der Waals surface area contributed by atoms with Gasteiger partial charge in [0.2, 0.25) is 0 Å². The van der Waals surface area contributed by atoms with Crippen molar-refractivity contribution in [2.75, 3.05) is 39.8 Å². The Hall–Kier alpha value is -0.650. The standard InChI is InChI=1S/C13H27N3O2/c1-5-14-13(3,12(17)18)10-16-8-6-7-15(4)9-11(16)2/h11,14H,5-10H2,1-4H3,(H,17,18). The third-order valence-corrected chi connectivity index (χ3v) is 3.74. The molecule has 0 radical (unpaired) electrons. The van der Waals surface area contributed by atoms with E-state index in [0.717, 1.165) is 26.1 Å². The van der Waals surface area contributed by atoms with Gasteiger partial charge in [-0.05, 0) is 47.0 Å². The maximum absolute atomic E-state index is 11.4. The van der Waals surface area contributed by atoms with Crippen molar-refractivity contribution in [1.29, 1.82) is 0 Å². The molecule has 1 heterocycles. The van der Waals surface area contributed by atoms with Crippen molar-refractivity contribution in [2.24, 2.45) is 0 Å². The first kappa shape index (κ1) is 15.4. The molecule has 2 N–H and O–H groups in total. The van der Waals surface area contributed by atoms with Gasteiger partial charge >= 0.3 is 5.97 Å². The van der Waals surface area contributed by atoms with Gasteiger partial charge in [0, 0.05) is 19.1 Å². The molecule has 0 saturated carbocycles. The predicted molar refractivity (Wildman–Crippen MR) is 72.9 cm³/mol. The van der Waals surface area contributed by atoms with Crippen molar-refractivity contribution in [3.8, 4) is 0 Å². The average Bonchev–Trinajstić information content (AvgIpc) is 2.41. The highest BCUT2D eigenvalue weighted by Gasteiger charge is 2.36. The molecule has 1 saturated heterocycles. The molecule has 1 fully saturated rings. The molecule has 2 atom stereocenters. The van der Waals surface area contributed by atoms with Crippen molar-refractivity contribution in [1.82, 2.24) is 15.1 Å². The number of nitrogens with one attached hydrogen (secondary N) is 1. The fourth-order valence-corrected chi connectivity index (χ4v) is 2.65. The molecule has 2 unspecified atom stereocenters. The number of carboxylic acids is 1. The van der Waals surface area contributed by atoms with E-state index >= 15 is 0 Å². The Labute approximate surface area is 110 Å². The molecule has 1 rings (SSSR count). The molecular weight excluding hydrogens is 230 g/mol. The van der Waals surface area contributed by atoms with Crippen molar-refractivity contribution in [3.05, 3.63) is 0 Å². The number of carboxylic acid groups (broad SMARTS) is 1. The summed E-state index contributed by atoms with van der Waals surface area (Å²) in [4.78, 5) is 16.0. The Morgan fingerprint density at radius 1 is 1.50 bits per heavy atom. The van der Waals surface area contributed by atoms with Crippen LogP contribution in [-0.2, 0) is 4.79 Å². The van der Waals surface area contributed by atoms with Gasteiger partial charge in [-0.3, -0.25) is 9.69 Å².